The van der Waals surface area contributed by atoms with E-state index >= 15 is 0 Å². The summed E-state index contributed by atoms with van der Waals surface area (Å²) in [5, 5.41) is 7.74. The van der Waals surface area contributed by atoms with Crippen LogP contribution < -0.4 is 4.90 Å². The molecule has 0 bridgehead atoms. The van der Waals surface area contributed by atoms with Gasteiger partial charge in [0, 0.05) is 26.2 Å². The van der Waals surface area contributed by atoms with Crippen LogP contribution in [0.5, 0.6) is 0 Å². The lowest BCUT2D eigenvalue weighted by atomic mass is 10.2. The van der Waals surface area contributed by atoms with E-state index < -0.39 is 0 Å². The molecule has 1 aliphatic rings. The normalized spacial score (nSPS) is 15.5. The third kappa shape index (κ3) is 2.09. The van der Waals surface area contributed by atoms with Gasteiger partial charge in [-0.2, -0.15) is 5.10 Å². The highest BCUT2D eigenvalue weighted by Gasteiger charge is 2.25. The number of aromatic amines is 1. The van der Waals surface area contributed by atoms with Crippen molar-refractivity contribution in [2.75, 3.05) is 31.1 Å². The standard InChI is InChI=1S/C14H14N6O2/c21-14(11-2-1-7-22-11)20-5-3-19(4-6-20)13-10-8-17-18-12(10)15-9-16-13/h1-2,7-9H,3-6H2,(H,15,16,17,18). The van der Waals surface area contributed by atoms with Crippen molar-refractivity contribution in [1.82, 2.24) is 25.1 Å². The lowest BCUT2D eigenvalue weighted by Crippen LogP contribution is -2.49. The summed E-state index contributed by atoms with van der Waals surface area (Å²) in [6.45, 7) is 2.68. The summed E-state index contributed by atoms with van der Waals surface area (Å²) in [5.41, 5.74) is 0.721. The first-order valence-corrected chi connectivity index (χ1v) is 7.05. The first-order chi connectivity index (χ1) is 10.8. The Kier molecular flexibility index (Phi) is 2.99. The highest BCUT2D eigenvalue weighted by molar-refractivity contribution is 5.92. The molecule has 0 saturated carbocycles. The molecular formula is C14H14N6O2. The van der Waals surface area contributed by atoms with Crippen LogP contribution in [-0.2, 0) is 0 Å². The van der Waals surface area contributed by atoms with Gasteiger partial charge in [0.2, 0.25) is 0 Å². The predicted octanol–water partition coefficient (Wildman–Crippen LogP) is 0.908. The van der Waals surface area contributed by atoms with Gasteiger partial charge in [-0.3, -0.25) is 9.89 Å². The summed E-state index contributed by atoms with van der Waals surface area (Å²) in [6, 6.07) is 3.41. The molecule has 8 nitrogen and oxygen atoms in total. The molecule has 0 aromatic carbocycles. The van der Waals surface area contributed by atoms with Gasteiger partial charge in [-0.1, -0.05) is 0 Å². The Bertz CT molecular complexity index is 789. The zero-order valence-electron chi connectivity index (χ0n) is 11.8. The van der Waals surface area contributed by atoms with Crippen LogP contribution in [0, 0.1) is 0 Å². The molecule has 1 saturated heterocycles. The molecule has 1 fully saturated rings. The number of anilines is 1. The number of amides is 1. The van der Waals surface area contributed by atoms with Crippen LogP contribution in [0.4, 0.5) is 5.82 Å². The molecule has 112 valence electrons. The monoisotopic (exact) mass is 298 g/mol. The van der Waals surface area contributed by atoms with Crippen molar-refractivity contribution < 1.29 is 9.21 Å². The second-order valence-electron chi connectivity index (χ2n) is 5.09. The van der Waals surface area contributed by atoms with Gasteiger partial charge in [0.1, 0.15) is 12.1 Å². The van der Waals surface area contributed by atoms with Gasteiger partial charge in [0.15, 0.2) is 11.4 Å². The molecule has 0 spiro atoms. The van der Waals surface area contributed by atoms with Crippen molar-refractivity contribution in [1.29, 1.82) is 0 Å². The largest absolute Gasteiger partial charge is 0.459 e. The minimum atomic E-state index is -0.0687. The Morgan fingerprint density at radius 3 is 2.86 bits per heavy atom. The molecule has 22 heavy (non-hydrogen) atoms. The number of furan rings is 1. The topological polar surface area (TPSA) is 91.2 Å². The summed E-state index contributed by atoms with van der Waals surface area (Å²) >= 11 is 0. The SMILES string of the molecule is O=C(c1ccco1)N1CCN(c2ncnc3[nH]ncc23)CC1. The number of carbonyl (C=O) groups excluding carboxylic acids is 1. The molecule has 0 atom stereocenters. The maximum Gasteiger partial charge on any atom is 0.289 e. The van der Waals surface area contributed by atoms with Gasteiger partial charge in [0.05, 0.1) is 17.8 Å². The molecule has 3 aromatic rings. The number of carbonyl (C=O) groups is 1. The fourth-order valence-electron chi connectivity index (χ4n) is 2.68. The number of H-pyrrole nitrogens is 1. The van der Waals surface area contributed by atoms with Gasteiger partial charge in [0.25, 0.3) is 5.91 Å². The van der Waals surface area contributed by atoms with E-state index in [0.29, 0.717) is 31.9 Å². The number of nitrogens with one attached hydrogen (secondary N) is 1. The summed E-state index contributed by atoms with van der Waals surface area (Å²) in [4.78, 5) is 24.7. The van der Waals surface area contributed by atoms with Crippen molar-refractivity contribution >= 4 is 22.8 Å². The van der Waals surface area contributed by atoms with Gasteiger partial charge < -0.3 is 14.2 Å². The van der Waals surface area contributed by atoms with Crippen LogP contribution in [0.1, 0.15) is 10.6 Å². The van der Waals surface area contributed by atoms with Crippen molar-refractivity contribution in [3.05, 3.63) is 36.7 Å². The average molecular weight is 298 g/mol. The van der Waals surface area contributed by atoms with Crippen molar-refractivity contribution in [3.63, 3.8) is 0 Å². The molecule has 8 heteroatoms. The highest BCUT2D eigenvalue weighted by Crippen LogP contribution is 2.22. The van der Waals surface area contributed by atoms with Crippen LogP contribution >= 0.6 is 0 Å². The van der Waals surface area contributed by atoms with Gasteiger partial charge in [-0.15, -0.1) is 0 Å². The summed E-state index contributed by atoms with van der Waals surface area (Å²) in [7, 11) is 0. The maximum atomic E-state index is 12.2. The number of nitrogens with zero attached hydrogens (tertiary/aromatic N) is 5. The van der Waals surface area contributed by atoms with E-state index in [1.165, 1.54) is 12.6 Å². The smallest absolute Gasteiger partial charge is 0.289 e. The van der Waals surface area contributed by atoms with E-state index in [2.05, 4.69) is 25.1 Å². The van der Waals surface area contributed by atoms with E-state index in [1.807, 2.05) is 0 Å². The summed E-state index contributed by atoms with van der Waals surface area (Å²) in [5.74, 6) is 1.16. The maximum absolute atomic E-state index is 12.2. The Morgan fingerprint density at radius 1 is 1.23 bits per heavy atom. The Hall–Kier alpha value is -2.90. The number of hydrogen-bond donors (Lipinski definition) is 1. The molecular weight excluding hydrogens is 284 g/mol. The van der Waals surface area contributed by atoms with Gasteiger partial charge in [-0.25, -0.2) is 9.97 Å². The van der Waals surface area contributed by atoms with Gasteiger partial charge >= 0.3 is 0 Å². The molecule has 1 amide bonds. The van der Waals surface area contributed by atoms with E-state index in [4.69, 9.17) is 4.42 Å². The van der Waals surface area contributed by atoms with Crippen molar-refractivity contribution in [3.8, 4) is 0 Å². The lowest BCUT2D eigenvalue weighted by molar-refractivity contribution is 0.0714. The second-order valence-corrected chi connectivity index (χ2v) is 5.09. The molecule has 4 rings (SSSR count). The molecule has 0 radical (unpaired) electrons. The fraction of sp³-hybridized carbons (Fsp3) is 0.286. The third-order valence-electron chi connectivity index (χ3n) is 3.83. The Balaban J connectivity index is 1.50. The second kappa shape index (κ2) is 5.14. The van der Waals surface area contributed by atoms with E-state index in [1.54, 1.807) is 23.2 Å². The van der Waals surface area contributed by atoms with E-state index in [0.717, 1.165) is 16.9 Å². The third-order valence-corrected chi connectivity index (χ3v) is 3.83. The molecule has 1 aliphatic heterocycles. The average Bonchev–Trinajstić information content (AvgIpc) is 3.25. The number of hydrogen-bond acceptors (Lipinski definition) is 6. The van der Waals surface area contributed by atoms with Crippen LogP contribution in [0.15, 0.2) is 35.3 Å². The quantitative estimate of drug-likeness (QED) is 0.756. The number of rotatable bonds is 2. The number of piperazine rings is 1. The Labute approximate surface area is 125 Å². The fourth-order valence-corrected chi connectivity index (χ4v) is 2.68. The predicted molar refractivity (Wildman–Crippen MR) is 78.5 cm³/mol. The first kappa shape index (κ1) is 12.8. The zero-order chi connectivity index (χ0) is 14.9. The van der Waals surface area contributed by atoms with Crippen LogP contribution in [0.25, 0.3) is 11.0 Å². The van der Waals surface area contributed by atoms with Crippen LogP contribution in [-0.4, -0.2) is 57.2 Å². The van der Waals surface area contributed by atoms with Gasteiger partial charge in [-0.05, 0) is 12.1 Å². The minimum Gasteiger partial charge on any atom is -0.459 e. The zero-order valence-corrected chi connectivity index (χ0v) is 11.8. The lowest BCUT2D eigenvalue weighted by Gasteiger charge is -2.35. The molecule has 1 N–H and O–H groups in total. The number of fused-ring (bicyclic) bond motifs is 1. The van der Waals surface area contributed by atoms with Crippen LogP contribution in [0.2, 0.25) is 0 Å². The van der Waals surface area contributed by atoms with Crippen LogP contribution in [0.3, 0.4) is 0 Å². The molecule has 3 aromatic heterocycles. The highest BCUT2D eigenvalue weighted by atomic mass is 16.3. The summed E-state index contributed by atoms with van der Waals surface area (Å²) < 4.78 is 5.17. The molecule has 0 aliphatic carbocycles. The first-order valence-electron chi connectivity index (χ1n) is 7.05. The minimum absolute atomic E-state index is 0.0687. The molecule has 4 heterocycles. The van der Waals surface area contributed by atoms with Crippen molar-refractivity contribution in [2.45, 2.75) is 0 Å². The van der Waals surface area contributed by atoms with E-state index in [9.17, 15) is 4.79 Å². The number of aromatic nitrogens is 4. The van der Waals surface area contributed by atoms with Crippen molar-refractivity contribution in [2.24, 2.45) is 0 Å². The molecule has 0 unspecified atom stereocenters. The van der Waals surface area contributed by atoms with E-state index in [-0.39, 0.29) is 5.91 Å². The summed E-state index contributed by atoms with van der Waals surface area (Å²) in [6.07, 6.45) is 4.77. The Morgan fingerprint density at radius 2 is 2.09 bits per heavy atom.